The number of sulfone groups is 2. The maximum Gasteiger partial charge on any atom is 0.250 e. The van der Waals surface area contributed by atoms with Gasteiger partial charge in [0, 0.05) is 36.7 Å². The van der Waals surface area contributed by atoms with Crippen LogP contribution in [0.15, 0.2) is 29.0 Å². The van der Waals surface area contributed by atoms with Crippen LogP contribution in [-0.4, -0.2) is 74.1 Å². The highest BCUT2D eigenvalue weighted by Gasteiger charge is 2.42. The third-order valence-corrected chi connectivity index (χ3v) is 18.7. The van der Waals surface area contributed by atoms with Crippen molar-refractivity contribution in [2.24, 2.45) is 5.14 Å². The minimum Gasteiger partial charge on any atom is -0.336 e. The maximum absolute atomic E-state index is 12.7. The van der Waals surface area contributed by atoms with Gasteiger partial charge in [-0.25, -0.2) is 43.5 Å². The predicted molar refractivity (Wildman–Crippen MR) is 170 cm³/mol. The van der Waals surface area contributed by atoms with Crippen molar-refractivity contribution in [1.29, 1.82) is 0 Å². The standard InChI is InChI=1S/C15H24N2O5S3.C10H16N2O4S3/c1-6-17(11(5)18)13-7-10(4)24(19,20)15-12(13)8-14(23-15)25(21,22)16-9(2)3;1-3-12-8-4-6(2)18(13,14)10-7(8)5-9(17-10)19(11,15)16/h8-10,13,16H,6-7H2,1-5H3;5-6,8,12H,3-4H2,1-2H3,(H2,11,15,16)/t10-,13-;6-,8-/m00/s1. The Morgan fingerprint density at radius 3 is 1.93 bits per heavy atom. The van der Waals surface area contributed by atoms with Gasteiger partial charge in [0.15, 0.2) is 19.7 Å². The van der Waals surface area contributed by atoms with E-state index in [-0.39, 0.29) is 41.2 Å². The maximum atomic E-state index is 12.7. The summed E-state index contributed by atoms with van der Waals surface area (Å²) in [5, 5.41) is 7.05. The molecule has 0 spiro atoms. The number of thiophene rings is 2. The molecule has 19 heteroatoms. The molecule has 4 rings (SSSR count). The van der Waals surface area contributed by atoms with E-state index in [0.29, 0.717) is 30.6 Å². The van der Waals surface area contributed by atoms with Crippen molar-refractivity contribution in [1.82, 2.24) is 14.9 Å². The highest BCUT2D eigenvalue weighted by Crippen LogP contribution is 2.45. The van der Waals surface area contributed by atoms with Gasteiger partial charge in [-0.3, -0.25) is 4.79 Å². The molecule has 0 aromatic carbocycles. The molecule has 2 aliphatic heterocycles. The smallest absolute Gasteiger partial charge is 0.250 e. The van der Waals surface area contributed by atoms with Gasteiger partial charge in [0.2, 0.25) is 26.0 Å². The van der Waals surface area contributed by atoms with E-state index >= 15 is 0 Å². The van der Waals surface area contributed by atoms with Gasteiger partial charge in [0.25, 0.3) is 0 Å². The Morgan fingerprint density at radius 1 is 0.955 bits per heavy atom. The number of hydrogen-bond acceptors (Lipinski definition) is 12. The van der Waals surface area contributed by atoms with Crippen molar-refractivity contribution in [3.8, 4) is 0 Å². The lowest BCUT2D eigenvalue weighted by atomic mass is 10.0. The largest absolute Gasteiger partial charge is 0.336 e. The first-order valence-corrected chi connectivity index (χ1v) is 21.7. The summed E-state index contributed by atoms with van der Waals surface area (Å²) in [5.74, 6) is -0.166. The fourth-order valence-electron chi connectivity index (χ4n) is 5.21. The zero-order chi connectivity index (χ0) is 33.6. The SMILES string of the molecule is CCN(C(C)=O)[C@H]1C[C@H](C)S(=O)(=O)c2sc(S(=O)(=O)NC(C)C)cc21.CCN[C@H]1C[C@H](C)S(=O)(=O)c2sc(S(N)(=O)=O)cc21. The molecular formula is C25H40N4O9S6. The second-order valence-electron chi connectivity index (χ2n) is 11.1. The average molecular weight is 733 g/mol. The van der Waals surface area contributed by atoms with E-state index < -0.39 is 56.3 Å². The Labute approximate surface area is 268 Å². The van der Waals surface area contributed by atoms with Crippen LogP contribution in [0.4, 0.5) is 0 Å². The highest BCUT2D eigenvalue weighted by atomic mass is 32.3. The second-order valence-corrected chi connectivity index (χ2v) is 22.0. The molecule has 2 aliphatic rings. The zero-order valence-corrected chi connectivity index (χ0v) is 30.4. The van der Waals surface area contributed by atoms with Crippen LogP contribution in [0.2, 0.25) is 0 Å². The third kappa shape index (κ3) is 7.41. The molecule has 0 bridgehead atoms. The van der Waals surface area contributed by atoms with Crippen LogP contribution < -0.4 is 15.2 Å². The van der Waals surface area contributed by atoms with Crippen molar-refractivity contribution in [2.45, 2.75) is 107 Å². The van der Waals surface area contributed by atoms with Crippen LogP contribution in [0.25, 0.3) is 0 Å². The Hall–Kier alpha value is -1.45. The first-order valence-electron chi connectivity index (χ1n) is 13.9. The lowest BCUT2D eigenvalue weighted by Gasteiger charge is -2.35. The molecule has 13 nitrogen and oxygen atoms in total. The van der Waals surface area contributed by atoms with Crippen LogP contribution >= 0.6 is 22.7 Å². The first kappa shape index (κ1) is 37.0. The summed E-state index contributed by atoms with van der Waals surface area (Å²) in [6.45, 7) is 12.9. The molecular weight excluding hydrogens is 693 g/mol. The van der Waals surface area contributed by atoms with Crippen molar-refractivity contribution >= 4 is 68.3 Å². The van der Waals surface area contributed by atoms with E-state index in [1.807, 2.05) is 13.8 Å². The van der Waals surface area contributed by atoms with Crippen LogP contribution in [0, 0.1) is 0 Å². The normalized spacial score (nSPS) is 24.1. The summed E-state index contributed by atoms with van der Waals surface area (Å²) in [6, 6.07) is 1.90. The molecule has 4 atom stereocenters. The first-order chi connectivity index (χ1) is 20.1. The van der Waals surface area contributed by atoms with E-state index in [0.717, 1.165) is 22.7 Å². The molecule has 0 aliphatic carbocycles. The van der Waals surface area contributed by atoms with E-state index in [1.54, 1.807) is 32.6 Å². The van der Waals surface area contributed by atoms with Gasteiger partial charge in [-0.15, -0.1) is 22.7 Å². The number of hydrogen-bond donors (Lipinski definition) is 3. The molecule has 4 heterocycles. The molecule has 0 saturated carbocycles. The summed E-state index contributed by atoms with van der Waals surface area (Å²) in [7, 11) is -14.7. The summed E-state index contributed by atoms with van der Waals surface area (Å²) < 4.78 is 100. The van der Waals surface area contributed by atoms with Crippen LogP contribution in [0.3, 0.4) is 0 Å². The van der Waals surface area contributed by atoms with Crippen molar-refractivity contribution in [3.63, 3.8) is 0 Å². The van der Waals surface area contributed by atoms with E-state index in [1.165, 1.54) is 19.1 Å². The highest BCUT2D eigenvalue weighted by molar-refractivity contribution is 7.96. The Bertz CT molecular complexity index is 1830. The lowest BCUT2D eigenvalue weighted by molar-refractivity contribution is -0.131. The van der Waals surface area contributed by atoms with Crippen molar-refractivity contribution < 1.29 is 38.5 Å². The van der Waals surface area contributed by atoms with Crippen molar-refractivity contribution in [2.75, 3.05) is 13.1 Å². The summed E-state index contributed by atoms with van der Waals surface area (Å²) >= 11 is 1.50. The number of nitrogens with one attached hydrogen (secondary N) is 2. The molecule has 0 saturated heterocycles. The summed E-state index contributed by atoms with van der Waals surface area (Å²) in [6.07, 6.45) is 0.695. The van der Waals surface area contributed by atoms with E-state index in [9.17, 15) is 38.5 Å². The van der Waals surface area contributed by atoms with Gasteiger partial charge in [-0.2, -0.15) is 0 Å². The number of carbonyl (C=O) groups excluding carboxylic acids is 1. The Morgan fingerprint density at radius 2 is 1.45 bits per heavy atom. The number of carbonyl (C=O) groups is 1. The topological polar surface area (TPSA) is 207 Å². The minimum absolute atomic E-state index is 0.0338. The van der Waals surface area contributed by atoms with E-state index in [2.05, 4.69) is 10.0 Å². The molecule has 2 aromatic heterocycles. The number of sulfonamides is 2. The summed E-state index contributed by atoms with van der Waals surface area (Å²) in [5.41, 5.74) is 0.929. The molecule has 0 radical (unpaired) electrons. The number of amides is 1. The fraction of sp³-hybridized carbons (Fsp3) is 0.640. The molecule has 44 heavy (non-hydrogen) atoms. The predicted octanol–water partition coefficient (Wildman–Crippen LogP) is 2.52. The summed E-state index contributed by atoms with van der Waals surface area (Å²) in [4.78, 5) is 13.5. The number of nitrogens with two attached hydrogens (primary N) is 1. The second kappa shape index (κ2) is 13.3. The molecule has 250 valence electrons. The van der Waals surface area contributed by atoms with Gasteiger partial charge in [0.1, 0.15) is 16.8 Å². The zero-order valence-electron chi connectivity index (χ0n) is 25.5. The molecule has 0 fully saturated rings. The van der Waals surface area contributed by atoms with Crippen LogP contribution in [0.5, 0.6) is 0 Å². The Balaban J connectivity index is 0.000000249. The van der Waals surface area contributed by atoms with E-state index in [4.69, 9.17) is 5.14 Å². The molecule has 2 aromatic rings. The fourth-order valence-corrected chi connectivity index (χ4v) is 14.9. The molecule has 4 N–H and O–H groups in total. The van der Waals surface area contributed by atoms with Gasteiger partial charge in [-0.1, -0.05) is 6.92 Å². The quantitative estimate of drug-likeness (QED) is 0.362. The lowest BCUT2D eigenvalue weighted by Crippen LogP contribution is -2.39. The van der Waals surface area contributed by atoms with Crippen molar-refractivity contribution in [3.05, 3.63) is 23.3 Å². The van der Waals surface area contributed by atoms with Gasteiger partial charge >= 0.3 is 0 Å². The van der Waals surface area contributed by atoms with Crippen LogP contribution in [0.1, 0.15) is 84.5 Å². The molecule has 0 unspecified atom stereocenters. The van der Waals surface area contributed by atoms with Crippen LogP contribution in [-0.2, 0) is 44.5 Å². The van der Waals surface area contributed by atoms with Gasteiger partial charge in [-0.05, 0) is 66.1 Å². The number of fused-ring (bicyclic) bond motifs is 2. The Kier molecular flexibility index (Phi) is 11.2. The minimum atomic E-state index is -3.88. The monoisotopic (exact) mass is 732 g/mol. The average Bonchev–Trinajstić information content (AvgIpc) is 3.53. The van der Waals surface area contributed by atoms with Gasteiger partial charge in [0.05, 0.1) is 16.5 Å². The molecule has 1 amide bonds. The number of nitrogens with zero attached hydrogens (tertiary/aromatic N) is 1. The van der Waals surface area contributed by atoms with Gasteiger partial charge < -0.3 is 10.2 Å². The number of rotatable bonds is 8. The number of primary sulfonamides is 1. The third-order valence-electron chi connectivity index (χ3n) is 7.35.